The fourth-order valence-corrected chi connectivity index (χ4v) is 4.33. The Balaban J connectivity index is 2.01. The summed E-state index contributed by atoms with van der Waals surface area (Å²) in [5, 5.41) is 0. The number of likely N-dealkylation sites (N-methyl/N-ethyl adjacent to an activating group) is 1. The zero-order valence-corrected chi connectivity index (χ0v) is 18.8. The van der Waals surface area contributed by atoms with Gasteiger partial charge in [0.2, 0.25) is 10.0 Å². The molecule has 29 heavy (non-hydrogen) atoms. The number of aryl methyl sites for hydroxylation is 1. The van der Waals surface area contributed by atoms with Gasteiger partial charge in [0, 0.05) is 12.6 Å². The maximum absolute atomic E-state index is 12.8. The van der Waals surface area contributed by atoms with Crippen molar-refractivity contribution in [2.75, 3.05) is 27.7 Å². The van der Waals surface area contributed by atoms with E-state index in [9.17, 15) is 8.42 Å². The molecule has 0 fully saturated rings. The second-order valence-corrected chi connectivity index (χ2v) is 9.33. The Labute approximate surface area is 176 Å². The summed E-state index contributed by atoms with van der Waals surface area (Å²) in [6.45, 7) is 2.49. The van der Waals surface area contributed by atoms with Gasteiger partial charge in [0.15, 0.2) is 0 Å². The van der Waals surface area contributed by atoms with Gasteiger partial charge in [-0.2, -0.15) is 0 Å². The summed E-state index contributed by atoms with van der Waals surface area (Å²) < 4.78 is 33.5. The van der Waals surface area contributed by atoms with Crippen molar-refractivity contribution < 1.29 is 13.2 Å². The van der Waals surface area contributed by atoms with Gasteiger partial charge in [-0.05, 0) is 62.3 Å². The van der Waals surface area contributed by atoms with Gasteiger partial charge >= 0.3 is 0 Å². The van der Waals surface area contributed by atoms with Gasteiger partial charge in [-0.1, -0.05) is 50.5 Å². The molecule has 1 unspecified atom stereocenters. The maximum atomic E-state index is 12.8. The highest BCUT2D eigenvalue weighted by molar-refractivity contribution is 7.89. The van der Waals surface area contributed by atoms with Gasteiger partial charge in [0.25, 0.3) is 0 Å². The summed E-state index contributed by atoms with van der Waals surface area (Å²) in [6.07, 6.45) is 5.82. The summed E-state index contributed by atoms with van der Waals surface area (Å²) in [5.41, 5.74) is 2.21. The molecule has 0 aliphatic carbocycles. The first kappa shape index (κ1) is 23.4. The lowest BCUT2D eigenvalue weighted by Crippen LogP contribution is -2.34. The van der Waals surface area contributed by atoms with E-state index in [0.717, 1.165) is 24.2 Å². The Kier molecular flexibility index (Phi) is 9.14. The van der Waals surface area contributed by atoms with E-state index in [4.69, 9.17) is 4.74 Å². The topological polar surface area (TPSA) is 58.6 Å². The molecule has 0 bridgehead atoms. The summed E-state index contributed by atoms with van der Waals surface area (Å²) in [7, 11) is 1.95. The van der Waals surface area contributed by atoms with Crippen LogP contribution in [-0.2, 0) is 16.4 Å². The Hall–Kier alpha value is -1.89. The minimum Gasteiger partial charge on any atom is -0.497 e. The van der Waals surface area contributed by atoms with Crippen LogP contribution in [0.2, 0.25) is 0 Å². The minimum atomic E-state index is -3.56. The molecule has 0 heterocycles. The van der Waals surface area contributed by atoms with Crippen molar-refractivity contribution in [3.8, 4) is 5.75 Å². The van der Waals surface area contributed by atoms with Gasteiger partial charge < -0.3 is 9.64 Å². The summed E-state index contributed by atoms with van der Waals surface area (Å²) in [5.74, 6) is 0.779. The molecule has 2 aromatic rings. The maximum Gasteiger partial charge on any atom is 0.240 e. The normalized spacial score (nSPS) is 12.9. The number of ether oxygens (including phenoxy) is 1. The molecule has 0 aromatic heterocycles. The molecule has 2 aromatic carbocycles. The van der Waals surface area contributed by atoms with E-state index in [1.165, 1.54) is 24.8 Å². The molecular weight excluding hydrogens is 384 g/mol. The van der Waals surface area contributed by atoms with Crippen LogP contribution < -0.4 is 9.46 Å². The van der Waals surface area contributed by atoms with Crippen molar-refractivity contribution >= 4 is 10.0 Å². The van der Waals surface area contributed by atoms with Crippen molar-refractivity contribution in [1.82, 2.24) is 9.62 Å². The molecule has 0 saturated carbocycles. The van der Waals surface area contributed by atoms with E-state index >= 15 is 0 Å². The lowest BCUT2D eigenvalue weighted by molar-refractivity contribution is 0.299. The predicted octanol–water partition coefficient (Wildman–Crippen LogP) is 4.40. The van der Waals surface area contributed by atoms with Crippen molar-refractivity contribution in [3.63, 3.8) is 0 Å². The minimum absolute atomic E-state index is 0.0754. The van der Waals surface area contributed by atoms with Crippen LogP contribution in [0.3, 0.4) is 0 Å². The molecule has 1 atom stereocenters. The Morgan fingerprint density at radius 3 is 2.17 bits per heavy atom. The van der Waals surface area contributed by atoms with E-state index in [1.807, 2.05) is 55.4 Å². The highest BCUT2D eigenvalue weighted by Gasteiger charge is 2.19. The van der Waals surface area contributed by atoms with Crippen molar-refractivity contribution in [2.24, 2.45) is 0 Å². The number of hydrogen-bond acceptors (Lipinski definition) is 4. The van der Waals surface area contributed by atoms with E-state index in [0.29, 0.717) is 11.4 Å². The third kappa shape index (κ3) is 7.14. The molecule has 0 aliphatic heterocycles. The average Bonchev–Trinajstić information content (AvgIpc) is 2.72. The molecule has 0 saturated heterocycles. The molecule has 0 amide bonds. The monoisotopic (exact) mass is 418 g/mol. The summed E-state index contributed by atoms with van der Waals surface area (Å²) in [6, 6.07) is 14.9. The molecule has 1 N–H and O–H groups in total. The molecule has 6 heteroatoms. The van der Waals surface area contributed by atoms with Crippen LogP contribution in [0.25, 0.3) is 0 Å². The average molecular weight is 419 g/mol. The summed E-state index contributed by atoms with van der Waals surface area (Å²) >= 11 is 0. The van der Waals surface area contributed by atoms with E-state index in [2.05, 4.69) is 11.6 Å². The first-order valence-corrected chi connectivity index (χ1v) is 11.7. The Morgan fingerprint density at radius 1 is 0.966 bits per heavy atom. The Morgan fingerprint density at radius 2 is 1.62 bits per heavy atom. The molecular formula is C23H34N2O3S. The third-order valence-corrected chi connectivity index (χ3v) is 6.58. The Bertz CT molecular complexity index is 831. The van der Waals surface area contributed by atoms with Gasteiger partial charge in [-0.25, -0.2) is 13.1 Å². The van der Waals surface area contributed by atoms with Crippen LogP contribution in [0.5, 0.6) is 5.75 Å². The zero-order valence-electron chi connectivity index (χ0n) is 18.0. The van der Waals surface area contributed by atoms with Gasteiger partial charge in [-0.3, -0.25) is 0 Å². The first-order valence-electron chi connectivity index (χ1n) is 10.3. The fourth-order valence-electron chi connectivity index (χ4n) is 3.29. The SMILES string of the molecule is CCCCCCc1ccc(S(=O)(=O)NCC(c2ccc(OC)cc2)N(C)C)cc1. The standard InChI is InChI=1S/C23H34N2O3S/c1-5-6-7-8-9-19-10-16-22(17-11-19)29(26,27)24-18-23(25(2)3)20-12-14-21(28-4)15-13-20/h10-17,23-24H,5-9,18H2,1-4H3. The predicted molar refractivity (Wildman–Crippen MR) is 119 cm³/mol. The van der Waals surface area contributed by atoms with Crippen LogP contribution in [0, 0.1) is 0 Å². The quantitative estimate of drug-likeness (QED) is 0.519. The third-order valence-electron chi connectivity index (χ3n) is 5.14. The molecule has 0 aliphatic rings. The number of unbranched alkanes of at least 4 members (excludes halogenated alkanes) is 3. The van der Waals surface area contributed by atoms with Gasteiger partial charge in [0.05, 0.1) is 12.0 Å². The van der Waals surface area contributed by atoms with E-state index in [-0.39, 0.29) is 6.04 Å². The van der Waals surface area contributed by atoms with Crippen LogP contribution >= 0.6 is 0 Å². The van der Waals surface area contributed by atoms with Crippen molar-refractivity contribution in [2.45, 2.75) is 50.0 Å². The lowest BCUT2D eigenvalue weighted by Gasteiger charge is -2.25. The van der Waals surface area contributed by atoms with E-state index < -0.39 is 10.0 Å². The summed E-state index contributed by atoms with van der Waals surface area (Å²) in [4.78, 5) is 2.31. The number of benzene rings is 2. The van der Waals surface area contributed by atoms with Crippen LogP contribution in [0.1, 0.15) is 49.8 Å². The number of methoxy groups -OCH3 is 1. The number of rotatable bonds is 12. The fraction of sp³-hybridized carbons (Fsp3) is 0.478. The molecule has 0 radical (unpaired) electrons. The molecule has 160 valence electrons. The van der Waals surface area contributed by atoms with E-state index in [1.54, 1.807) is 19.2 Å². The second kappa shape index (κ2) is 11.3. The molecule has 0 spiro atoms. The smallest absolute Gasteiger partial charge is 0.240 e. The lowest BCUT2D eigenvalue weighted by atomic mass is 10.1. The second-order valence-electron chi connectivity index (χ2n) is 7.56. The van der Waals surface area contributed by atoms with Crippen LogP contribution in [0.4, 0.5) is 0 Å². The highest BCUT2D eigenvalue weighted by atomic mass is 32.2. The zero-order chi connectivity index (χ0) is 21.3. The van der Waals surface area contributed by atoms with Crippen LogP contribution in [0.15, 0.2) is 53.4 Å². The number of nitrogens with one attached hydrogen (secondary N) is 1. The van der Waals surface area contributed by atoms with Gasteiger partial charge in [0.1, 0.15) is 5.75 Å². The molecule has 5 nitrogen and oxygen atoms in total. The first-order chi connectivity index (χ1) is 13.9. The van der Waals surface area contributed by atoms with Crippen molar-refractivity contribution in [3.05, 3.63) is 59.7 Å². The number of nitrogens with zero attached hydrogens (tertiary/aromatic N) is 1. The molecule has 2 rings (SSSR count). The number of hydrogen-bond donors (Lipinski definition) is 1. The van der Waals surface area contributed by atoms with Crippen LogP contribution in [-0.4, -0.2) is 41.1 Å². The van der Waals surface area contributed by atoms with Gasteiger partial charge in [-0.15, -0.1) is 0 Å². The largest absolute Gasteiger partial charge is 0.497 e. The van der Waals surface area contributed by atoms with Crippen molar-refractivity contribution in [1.29, 1.82) is 0 Å². The highest BCUT2D eigenvalue weighted by Crippen LogP contribution is 2.22. The number of sulfonamides is 1.